The van der Waals surface area contributed by atoms with Crippen LogP contribution in [0.2, 0.25) is 5.02 Å². The predicted molar refractivity (Wildman–Crippen MR) is 92.8 cm³/mol. The fourth-order valence-corrected chi connectivity index (χ4v) is 2.58. The van der Waals surface area contributed by atoms with Crippen molar-refractivity contribution in [3.63, 3.8) is 0 Å². The lowest BCUT2D eigenvalue weighted by molar-refractivity contribution is 0.102. The fourth-order valence-electron chi connectivity index (χ4n) is 2.39. The minimum atomic E-state index is -0.208. The fraction of sp³-hybridized carbons (Fsp3) is 0.111. The Morgan fingerprint density at radius 1 is 1.17 bits per heavy atom. The zero-order chi connectivity index (χ0) is 16.2. The van der Waals surface area contributed by atoms with Crippen molar-refractivity contribution >= 4 is 23.2 Å². The first-order valence-corrected chi connectivity index (χ1v) is 7.76. The number of nitrogens with one attached hydrogen (secondary N) is 2. The minimum Gasteiger partial charge on any atom is -0.319 e. The van der Waals surface area contributed by atoms with Crippen LogP contribution in [0.3, 0.4) is 0 Å². The number of H-pyrrole nitrogens is 1. The summed E-state index contributed by atoms with van der Waals surface area (Å²) in [5.41, 5.74) is 3.80. The molecule has 2 N–H and O–H groups in total. The van der Waals surface area contributed by atoms with Crippen molar-refractivity contribution in [2.75, 3.05) is 5.32 Å². The number of aromatic nitrogens is 2. The zero-order valence-corrected chi connectivity index (χ0v) is 13.4. The van der Waals surface area contributed by atoms with Gasteiger partial charge in [-0.25, -0.2) is 0 Å². The lowest BCUT2D eigenvalue weighted by Crippen LogP contribution is -2.13. The van der Waals surface area contributed by atoms with Crippen LogP contribution in [0, 0.1) is 0 Å². The van der Waals surface area contributed by atoms with Gasteiger partial charge in [-0.2, -0.15) is 5.10 Å². The van der Waals surface area contributed by atoms with Gasteiger partial charge in [-0.3, -0.25) is 9.89 Å². The van der Waals surface area contributed by atoms with Gasteiger partial charge in [0, 0.05) is 16.1 Å². The third-order valence-electron chi connectivity index (χ3n) is 3.57. The minimum absolute atomic E-state index is 0.208. The standard InChI is InChI=1S/C18H16ClN3O/c1-2-15-17(16(22-21-15)12-7-4-3-5-8-12)20-18(23)13-9-6-10-14(19)11-13/h3-11H,2H2,1H3,(H,20,23)(H,21,22). The third-order valence-corrected chi connectivity index (χ3v) is 3.80. The van der Waals surface area contributed by atoms with E-state index in [2.05, 4.69) is 15.5 Å². The number of carbonyl (C=O) groups excluding carboxylic acids is 1. The first kappa shape index (κ1) is 15.3. The molecule has 0 saturated heterocycles. The lowest BCUT2D eigenvalue weighted by atomic mass is 10.1. The maximum atomic E-state index is 12.5. The van der Waals surface area contributed by atoms with Crippen LogP contribution in [0.15, 0.2) is 54.6 Å². The maximum absolute atomic E-state index is 12.5. The highest BCUT2D eigenvalue weighted by atomic mass is 35.5. The number of aromatic amines is 1. The monoisotopic (exact) mass is 325 g/mol. The van der Waals surface area contributed by atoms with E-state index in [0.29, 0.717) is 16.3 Å². The number of hydrogen-bond donors (Lipinski definition) is 2. The highest BCUT2D eigenvalue weighted by molar-refractivity contribution is 6.31. The summed E-state index contributed by atoms with van der Waals surface area (Å²) in [5, 5.41) is 10.8. The average Bonchev–Trinajstić information content (AvgIpc) is 2.98. The molecule has 1 heterocycles. The van der Waals surface area contributed by atoms with E-state index in [-0.39, 0.29) is 5.91 Å². The van der Waals surface area contributed by atoms with Crippen molar-refractivity contribution in [2.45, 2.75) is 13.3 Å². The third kappa shape index (κ3) is 3.27. The summed E-state index contributed by atoms with van der Waals surface area (Å²) in [5.74, 6) is -0.208. The van der Waals surface area contributed by atoms with Gasteiger partial charge in [-0.05, 0) is 24.6 Å². The molecule has 0 fully saturated rings. The Morgan fingerprint density at radius 2 is 1.96 bits per heavy atom. The van der Waals surface area contributed by atoms with E-state index in [1.807, 2.05) is 37.3 Å². The summed E-state index contributed by atoms with van der Waals surface area (Å²) < 4.78 is 0. The SMILES string of the molecule is CCc1[nH]nc(-c2ccccc2)c1NC(=O)c1cccc(Cl)c1. The number of aryl methyl sites for hydroxylation is 1. The van der Waals surface area contributed by atoms with Crippen LogP contribution >= 0.6 is 11.6 Å². The number of halogens is 1. The van der Waals surface area contributed by atoms with Gasteiger partial charge in [0.15, 0.2) is 0 Å². The van der Waals surface area contributed by atoms with E-state index in [0.717, 1.165) is 23.4 Å². The van der Waals surface area contributed by atoms with Gasteiger partial charge >= 0.3 is 0 Å². The summed E-state index contributed by atoms with van der Waals surface area (Å²) in [6.45, 7) is 2.01. The van der Waals surface area contributed by atoms with Gasteiger partial charge in [-0.15, -0.1) is 0 Å². The molecule has 1 amide bonds. The molecule has 0 atom stereocenters. The molecule has 0 spiro atoms. The van der Waals surface area contributed by atoms with Gasteiger partial charge < -0.3 is 5.32 Å². The summed E-state index contributed by atoms with van der Waals surface area (Å²) in [4.78, 5) is 12.5. The van der Waals surface area contributed by atoms with E-state index < -0.39 is 0 Å². The second kappa shape index (κ2) is 6.67. The maximum Gasteiger partial charge on any atom is 0.255 e. The molecule has 0 saturated carbocycles. The summed E-state index contributed by atoms with van der Waals surface area (Å²) in [7, 11) is 0. The topological polar surface area (TPSA) is 57.8 Å². The molecule has 3 aromatic rings. The molecular weight excluding hydrogens is 310 g/mol. The summed E-state index contributed by atoms with van der Waals surface area (Å²) in [6, 6.07) is 16.6. The molecule has 0 aliphatic carbocycles. The molecule has 0 aliphatic rings. The van der Waals surface area contributed by atoms with Crippen molar-refractivity contribution < 1.29 is 4.79 Å². The van der Waals surface area contributed by atoms with Crippen molar-refractivity contribution in [2.24, 2.45) is 0 Å². The highest BCUT2D eigenvalue weighted by Crippen LogP contribution is 2.29. The Kier molecular flexibility index (Phi) is 4.44. The van der Waals surface area contributed by atoms with Crippen molar-refractivity contribution in [1.82, 2.24) is 10.2 Å². The molecule has 4 nitrogen and oxygen atoms in total. The number of nitrogens with zero attached hydrogens (tertiary/aromatic N) is 1. The molecule has 0 radical (unpaired) electrons. The normalized spacial score (nSPS) is 10.5. The van der Waals surface area contributed by atoms with Crippen LogP contribution in [0.25, 0.3) is 11.3 Å². The number of anilines is 1. The molecule has 3 rings (SSSR count). The number of rotatable bonds is 4. The van der Waals surface area contributed by atoms with Crippen molar-refractivity contribution in [1.29, 1.82) is 0 Å². The van der Waals surface area contributed by atoms with Gasteiger partial charge in [0.25, 0.3) is 5.91 Å². The van der Waals surface area contributed by atoms with Gasteiger partial charge in [0.2, 0.25) is 0 Å². The van der Waals surface area contributed by atoms with E-state index in [4.69, 9.17) is 11.6 Å². The summed E-state index contributed by atoms with van der Waals surface area (Å²) in [6.07, 6.45) is 0.741. The number of hydrogen-bond acceptors (Lipinski definition) is 2. The average molecular weight is 326 g/mol. The molecule has 2 aromatic carbocycles. The Hall–Kier alpha value is -2.59. The molecule has 1 aromatic heterocycles. The van der Waals surface area contributed by atoms with Crippen LogP contribution in [0.1, 0.15) is 23.0 Å². The van der Waals surface area contributed by atoms with Crippen molar-refractivity contribution in [3.05, 3.63) is 70.9 Å². The highest BCUT2D eigenvalue weighted by Gasteiger charge is 2.17. The van der Waals surface area contributed by atoms with Gasteiger partial charge in [-0.1, -0.05) is 54.9 Å². The Labute approximate surface area is 139 Å². The molecule has 0 unspecified atom stereocenters. The van der Waals surface area contributed by atoms with Gasteiger partial charge in [0.05, 0.1) is 11.4 Å². The van der Waals surface area contributed by atoms with E-state index in [1.165, 1.54) is 0 Å². The first-order chi connectivity index (χ1) is 11.2. The largest absolute Gasteiger partial charge is 0.319 e. The zero-order valence-electron chi connectivity index (χ0n) is 12.6. The molecule has 0 bridgehead atoms. The number of carbonyl (C=O) groups is 1. The Bertz CT molecular complexity index is 827. The first-order valence-electron chi connectivity index (χ1n) is 7.38. The Balaban J connectivity index is 1.96. The quantitative estimate of drug-likeness (QED) is 0.739. The van der Waals surface area contributed by atoms with Crippen molar-refractivity contribution in [3.8, 4) is 11.3 Å². The number of amides is 1. The Morgan fingerprint density at radius 3 is 2.65 bits per heavy atom. The molecule has 5 heteroatoms. The van der Waals surface area contributed by atoms with Crippen LogP contribution in [-0.4, -0.2) is 16.1 Å². The smallest absolute Gasteiger partial charge is 0.255 e. The van der Waals surface area contributed by atoms with E-state index >= 15 is 0 Å². The molecule has 23 heavy (non-hydrogen) atoms. The van der Waals surface area contributed by atoms with Crippen LogP contribution < -0.4 is 5.32 Å². The molecule has 116 valence electrons. The number of benzene rings is 2. The van der Waals surface area contributed by atoms with Crippen LogP contribution in [0.4, 0.5) is 5.69 Å². The van der Waals surface area contributed by atoms with E-state index in [1.54, 1.807) is 24.3 Å². The second-order valence-electron chi connectivity index (χ2n) is 5.11. The predicted octanol–water partition coefficient (Wildman–Crippen LogP) is 4.54. The summed E-state index contributed by atoms with van der Waals surface area (Å²) >= 11 is 5.96. The van der Waals surface area contributed by atoms with Crippen LogP contribution in [-0.2, 0) is 6.42 Å². The second-order valence-corrected chi connectivity index (χ2v) is 5.55. The van der Waals surface area contributed by atoms with Crippen LogP contribution in [0.5, 0.6) is 0 Å². The van der Waals surface area contributed by atoms with E-state index in [9.17, 15) is 4.79 Å². The molecule has 0 aliphatic heterocycles. The molecular formula is C18H16ClN3O. The lowest BCUT2D eigenvalue weighted by Gasteiger charge is -2.08. The van der Waals surface area contributed by atoms with Gasteiger partial charge in [0.1, 0.15) is 5.69 Å².